The maximum atomic E-state index is 14.4. The van der Waals surface area contributed by atoms with Gasteiger partial charge < -0.3 is 15.2 Å². The van der Waals surface area contributed by atoms with Gasteiger partial charge in [0, 0.05) is 28.6 Å². The molecule has 1 fully saturated rings. The van der Waals surface area contributed by atoms with Gasteiger partial charge in [0.05, 0.1) is 5.52 Å². The molecule has 4 aromatic rings. The van der Waals surface area contributed by atoms with E-state index in [4.69, 9.17) is 26.2 Å². The zero-order valence-electron chi connectivity index (χ0n) is 19.7. The number of alkyl halides is 4. The van der Waals surface area contributed by atoms with Crippen molar-refractivity contribution in [1.82, 2.24) is 25.5 Å². The number of nitrogens with one attached hydrogen (secondary N) is 3. The minimum Gasteiger partial charge on any atom is -0.475 e. The summed E-state index contributed by atoms with van der Waals surface area (Å²) >= 11 is 5.86. The third-order valence-electron chi connectivity index (χ3n) is 5.62. The Morgan fingerprint density at radius 3 is 2.56 bits per heavy atom. The minimum absolute atomic E-state index is 0.0834. The number of ether oxygens (including phenoxy) is 1. The fourth-order valence-electron chi connectivity index (χ4n) is 3.77. The monoisotopic (exact) mass is 571 g/mol. The van der Waals surface area contributed by atoms with E-state index in [0.717, 1.165) is 0 Å². The van der Waals surface area contributed by atoms with E-state index >= 15 is 0 Å². The van der Waals surface area contributed by atoms with Crippen LogP contribution in [0.15, 0.2) is 47.3 Å². The number of carboxylic acids is 1. The fourth-order valence-corrected chi connectivity index (χ4v) is 3.93. The SMILES string of the molecule is O=C(O)C(F)(F)F.O=c1cc(-c2n[nH]c3ccc(-c4ccc(Cl)cc4F)cc23)nc(O[C@@H]2CNCC[C@H]2F)[nH]1. The number of H-pyrrole nitrogens is 2. The van der Waals surface area contributed by atoms with Crippen LogP contribution in [-0.2, 0) is 4.79 Å². The van der Waals surface area contributed by atoms with E-state index in [1.165, 1.54) is 12.1 Å². The maximum Gasteiger partial charge on any atom is 0.490 e. The van der Waals surface area contributed by atoms with Crippen LogP contribution in [0.4, 0.5) is 22.0 Å². The molecule has 9 nitrogen and oxygen atoms in total. The second-order valence-corrected chi connectivity index (χ2v) is 8.80. The first-order chi connectivity index (χ1) is 18.4. The highest BCUT2D eigenvalue weighted by atomic mass is 35.5. The zero-order valence-corrected chi connectivity index (χ0v) is 20.4. The van der Waals surface area contributed by atoms with Gasteiger partial charge in [0.15, 0.2) is 0 Å². The number of carbonyl (C=O) groups is 1. The number of hydrogen-bond donors (Lipinski definition) is 4. The van der Waals surface area contributed by atoms with Crippen molar-refractivity contribution in [3.63, 3.8) is 0 Å². The molecule has 2 aromatic carbocycles. The molecule has 3 heterocycles. The highest BCUT2D eigenvalue weighted by molar-refractivity contribution is 6.30. The number of rotatable bonds is 4. The number of piperidine rings is 1. The lowest BCUT2D eigenvalue weighted by atomic mass is 10.0. The number of aliphatic carboxylic acids is 1. The zero-order chi connectivity index (χ0) is 28.3. The average Bonchev–Trinajstić information content (AvgIpc) is 3.28. The summed E-state index contributed by atoms with van der Waals surface area (Å²) in [5, 5.41) is 18.3. The Kier molecular flexibility index (Phi) is 8.16. The predicted molar refractivity (Wildman–Crippen MR) is 131 cm³/mol. The molecule has 0 unspecified atom stereocenters. The van der Waals surface area contributed by atoms with Crippen LogP contribution in [0, 0.1) is 5.82 Å². The van der Waals surface area contributed by atoms with Crippen molar-refractivity contribution < 1.29 is 36.6 Å². The van der Waals surface area contributed by atoms with Crippen molar-refractivity contribution in [1.29, 1.82) is 0 Å². The number of aromatic amines is 2. The van der Waals surface area contributed by atoms with Crippen LogP contribution in [-0.4, -0.2) is 62.8 Å². The molecular weight excluding hydrogens is 553 g/mol. The number of halogens is 6. The van der Waals surface area contributed by atoms with Crippen LogP contribution in [0.25, 0.3) is 33.4 Å². The lowest BCUT2D eigenvalue weighted by molar-refractivity contribution is -0.192. The smallest absolute Gasteiger partial charge is 0.475 e. The molecule has 4 N–H and O–H groups in total. The molecule has 15 heteroatoms. The lowest BCUT2D eigenvalue weighted by Crippen LogP contribution is -2.45. The minimum atomic E-state index is -5.08. The van der Waals surface area contributed by atoms with Gasteiger partial charge >= 0.3 is 12.1 Å². The normalized spacial score (nSPS) is 17.4. The molecular formula is C24H19ClF5N5O4. The Balaban J connectivity index is 0.000000448. The summed E-state index contributed by atoms with van der Waals surface area (Å²) in [6.45, 7) is 0.886. The van der Waals surface area contributed by atoms with Gasteiger partial charge in [0.1, 0.15) is 29.5 Å². The topological polar surface area (TPSA) is 133 Å². The van der Waals surface area contributed by atoms with Crippen molar-refractivity contribution in [2.24, 2.45) is 0 Å². The molecule has 0 bridgehead atoms. The predicted octanol–water partition coefficient (Wildman–Crippen LogP) is 4.48. The van der Waals surface area contributed by atoms with E-state index < -0.39 is 35.8 Å². The van der Waals surface area contributed by atoms with Gasteiger partial charge in [-0.3, -0.25) is 14.9 Å². The second kappa shape index (κ2) is 11.4. The lowest BCUT2D eigenvalue weighted by Gasteiger charge is -2.26. The summed E-state index contributed by atoms with van der Waals surface area (Å²) in [6, 6.07) is 10.9. The fraction of sp³-hybridized carbons (Fsp3) is 0.250. The van der Waals surface area contributed by atoms with Crippen molar-refractivity contribution in [2.45, 2.75) is 24.9 Å². The number of aromatic nitrogens is 4. The van der Waals surface area contributed by atoms with Gasteiger partial charge in [-0.25, -0.2) is 13.6 Å². The van der Waals surface area contributed by atoms with E-state index in [-0.39, 0.29) is 11.7 Å². The van der Waals surface area contributed by atoms with E-state index in [9.17, 15) is 26.7 Å². The van der Waals surface area contributed by atoms with Gasteiger partial charge in [-0.05, 0) is 48.9 Å². The van der Waals surface area contributed by atoms with Crippen LogP contribution >= 0.6 is 11.6 Å². The van der Waals surface area contributed by atoms with Gasteiger partial charge in [0.25, 0.3) is 11.6 Å². The molecule has 0 amide bonds. The van der Waals surface area contributed by atoms with Crippen LogP contribution in [0.5, 0.6) is 6.01 Å². The summed E-state index contributed by atoms with van der Waals surface area (Å²) < 4.78 is 65.9. The maximum absolute atomic E-state index is 14.4. The quantitative estimate of drug-likeness (QED) is 0.265. The Morgan fingerprint density at radius 2 is 1.90 bits per heavy atom. The summed E-state index contributed by atoms with van der Waals surface area (Å²) in [6.07, 6.45) is -6.67. The molecule has 206 valence electrons. The summed E-state index contributed by atoms with van der Waals surface area (Å²) in [4.78, 5) is 28.0. The highest BCUT2D eigenvalue weighted by Crippen LogP contribution is 2.32. The number of benzene rings is 2. The number of fused-ring (bicyclic) bond motifs is 1. The Morgan fingerprint density at radius 1 is 1.15 bits per heavy atom. The largest absolute Gasteiger partial charge is 0.490 e. The second-order valence-electron chi connectivity index (χ2n) is 8.36. The Hall–Kier alpha value is -4.04. The molecule has 0 spiro atoms. The van der Waals surface area contributed by atoms with E-state index in [1.807, 2.05) is 0 Å². The molecule has 0 saturated carbocycles. The summed E-state index contributed by atoms with van der Waals surface area (Å²) in [5.74, 6) is -3.21. The van der Waals surface area contributed by atoms with Crippen molar-refractivity contribution >= 4 is 28.5 Å². The average molecular weight is 572 g/mol. The first-order valence-electron chi connectivity index (χ1n) is 11.3. The first-order valence-corrected chi connectivity index (χ1v) is 11.7. The van der Waals surface area contributed by atoms with E-state index in [2.05, 4.69) is 25.5 Å². The molecule has 5 rings (SSSR count). The van der Waals surface area contributed by atoms with Crippen LogP contribution in [0.2, 0.25) is 5.02 Å². The van der Waals surface area contributed by atoms with Crippen LogP contribution < -0.4 is 15.6 Å². The van der Waals surface area contributed by atoms with E-state index in [0.29, 0.717) is 52.3 Å². The standard InChI is InChI=1S/C22H18ClF2N5O2.C2HF3O2/c23-12-2-3-13(16(25)8-12)11-1-4-17-14(7-11)21(30-29-17)18-9-20(31)28-22(27-18)32-19-10-26-6-5-15(19)24;3-2(4,5)1(6)7/h1-4,7-9,15,19,26H,5-6,10H2,(H,29,30)(H,27,28,31);(H,6,7)/t15-,19-;/m1./s1. The molecule has 0 radical (unpaired) electrons. The third-order valence-corrected chi connectivity index (χ3v) is 5.85. The first kappa shape index (κ1) is 28.0. The van der Waals surface area contributed by atoms with Crippen LogP contribution in [0.3, 0.4) is 0 Å². The number of carboxylic acid groups (broad SMARTS) is 1. The molecule has 2 aromatic heterocycles. The van der Waals surface area contributed by atoms with Gasteiger partial charge in [-0.15, -0.1) is 0 Å². The van der Waals surface area contributed by atoms with Gasteiger partial charge in [-0.2, -0.15) is 23.3 Å². The Labute approximate surface area is 221 Å². The van der Waals surface area contributed by atoms with E-state index in [1.54, 1.807) is 30.3 Å². The molecule has 1 aliphatic rings. The highest BCUT2D eigenvalue weighted by Gasteiger charge is 2.38. The molecule has 39 heavy (non-hydrogen) atoms. The van der Waals surface area contributed by atoms with Crippen molar-refractivity contribution in [2.75, 3.05) is 13.1 Å². The third kappa shape index (κ3) is 6.70. The van der Waals surface area contributed by atoms with Gasteiger partial charge in [0.2, 0.25) is 0 Å². The molecule has 1 aliphatic heterocycles. The summed E-state index contributed by atoms with van der Waals surface area (Å²) in [5.41, 5.74) is 1.87. The van der Waals surface area contributed by atoms with Crippen LogP contribution in [0.1, 0.15) is 6.42 Å². The molecule has 1 saturated heterocycles. The van der Waals surface area contributed by atoms with Crippen molar-refractivity contribution in [3.8, 4) is 28.5 Å². The molecule has 0 aliphatic carbocycles. The molecule has 2 atom stereocenters. The number of nitrogens with zero attached hydrogens (tertiary/aromatic N) is 2. The number of hydrogen-bond acceptors (Lipinski definition) is 6. The van der Waals surface area contributed by atoms with Gasteiger partial charge in [-0.1, -0.05) is 17.7 Å². The van der Waals surface area contributed by atoms with Crippen molar-refractivity contribution in [3.05, 3.63) is 63.7 Å². The Bertz CT molecular complexity index is 1560. The summed E-state index contributed by atoms with van der Waals surface area (Å²) in [7, 11) is 0.